The van der Waals surface area contributed by atoms with Crippen LogP contribution in [-0.2, 0) is 0 Å². The molecule has 1 N–H and O–H groups in total. The molecule has 0 spiro atoms. The van der Waals surface area contributed by atoms with Gasteiger partial charge < -0.3 is 5.32 Å². The summed E-state index contributed by atoms with van der Waals surface area (Å²) in [5.74, 6) is 2.59. The second kappa shape index (κ2) is 7.41. The van der Waals surface area contributed by atoms with Gasteiger partial charge in [0.1, 0.15) is 0 Å². The molecule has 0 aromatic carbocycles. The first-order valence-electron chi connectivity index (χ1n) is 7.76. The number of hydrogen-bond acceptors (Lipinski definition) is 1. The third-order valence-corrected chi connectivity index (χ3v) is 4.44. The van der Waals surface area contributed by atoms with Crippen molar-refractivity contribution in [3.05, 3.63) is 0 Å². The van der Waals surface area contributed by atoms with Crippen LogP contribution >= 0.6 is 0 Å². The van der Waals surface area contributed by atoms with Gasteiger partial charge in [-0.05, 0) is 43.9 Å². The smallest absolute Gasteiger partial charge is 0.0121 e. The van der Waals surface area contributed by atoms with Crippen LogP contribution in [0.15, 0.2) is 0 Å². The Hall–Kier alpha value is -0.0400. The maximum Gasteiger partial charge on any atom is 0.0121 e. The summed E-state index contributed by atoms with van der Waals surface area (Å²) in [4.78, 5) is 0. The summed E-state index contributed by atoms with van der Waals surface area (Å²) in [7, 11) is 0. The van der Waals surface area contributed by atoms with E-state index in [0.717, 1.165) is 23.8 Å². The first kappa shape index (κ1) is 15.0. The van der Waals surface area contributed by atoms with E-state index >= 15 is 0 Å². The highest BCUT2D eigenvalue weighted by Crippen LogP contribution is 2.29. The molecule has 0 aromatic heterocycles. The molecule has 3 unspecified atom stereocenters. The molecule has 1 rings (SSSR count). The predicted octanol–water partition coefficient (Wildman–Crippen LogP) is 4.62. The monoisotopic (exact) mass is 239 g/mol. The van der Waals surface area contributed by atoms with Crippen molar-refractivity contribution >= 4 is 0 Å². The van der Waals surface area contributed by atoms with Crippen molar-refractivity contribution in [3.63, 3.8) is 0 Å². The van der Waals surface area contributed by atoms with Crippen LogP contribution in [0.4, 0.5) is 0 Å². The summed E-state index contributed by atoms with van der Waals surface area (Å²) in [5, 5.41) is 3.89. The zero-order chi connectivity index (χ0) is 12.8. The van der Waals surface area contributed by atoms with E-state index in [4.69, 9.17) is 0 Å². The lowest BCUT2D eigenvalue weighted by atomic mass is 9.78. The molecule has 0 aromatic rings. The maximum atomic E-state index is 3.89. The molecule has 1 fully saturated rings. The predicted molar refractivity (Wildman–Crippen MR) is 77.3 cm³/mol. The van der Waals surface area contributed by atoms with Crippen LogP contribution in [-0.4, -0.2) is 12.1 Å². The minimum atomic E-state index is 0.696. The summed E-state index contributed by atoms with van der Waals surface area (Å²) in [6.07, 6.45) is 8.36. The third kappa shape index (κ3) is 5.42. The molecule has 0 bridgehead atoms. The molecule has 1 saturated carbocycles. The second-order valence-corrected chi connectivity index (χ2v) is 6.80. The lowest BCUT2D eigenvalue weighted by Crippen LogP contribution is -2.46. The van der Waals surface area contributed by atoms with Crippen molar-refractivity contribution in [1.82, 2.24) is 5.32 Å². The fourth-order valence-corrected chi connectivity index (χ4v) is 3.25. The molecule has 0 aliphatic heterocycles. The highest BCUT2D eigenvalue weighted by molar-refractivity contribution is 4.85. The molecule has 1 aliphatic rings. The topological polar surface area (TPSA) is 12.0 Å². The van der Waals surface area contributed by atoms with E-state index < -0.39 is 0 Å². The molecule has 0 amide bonds. The van der Waals surface area contributed by atoms with Gasteiger partial charge in [-0.15, -0.1) is 0 Å². The third-order valence-electron chi connectivity index (χ3n) is 4.44. The minimum absolute atomic E-state index is 0.696. The molecular formula is C16H33N. The standard InChI is InChI=1S/C16H33N/c1-12(2)8-6-11-15(5)17-16-13(3)9-7-10-14(16)4/h12-17H,6-11H2,1-5H3. The summed E-state index contributed by atoms with van der Waals surface area (Å²) in [5.41, 5.74) is 0. The Labute approximate surface area is 109 Å². The van der Waals surface area contributed by atoms with Gasteiger partial charge in [-0.1, -0.05) is 47.0 Å². The van der Waals surface area contributed by atoms with Crippen LogP contribution < -0.4 is 5.32 Å². The highest BCUT2D eigenvalue weighted by Gasteiger charge is 2.28. The van der Waals surface area contributed by atoms with Crippen LogP contribution in [0.1, 0.15) is 73.1 Å². The van der Waals surface area contributed by atoms with E-state index in [1.165, 1.54) is 38.5 Å². The summed E-state index contributed by atoms with van der Waals surface area (Å²) < 4.78 is 0. The Bertz CT molecular complexity index is 190. The molecule has 1 nitrogen and oxygen atoms in total. The van der Waals surface area contributed by atoms with Crippen molar-refractivity contribution < 1.29 is 0 Å². The SMILES string of the molecule is CC(C)CCCC(C)NC1C(C)CCCC1C. The van der Waals surface area contributed by atoms with Gasteiger partial charge in [0.25, 0.3) is 0 Å². The molecule has 1 heteroatoms. The van der Waals surface area contributed by atoms with Crippen molar-refractivity contribution in [2.24, 2.45) is 17.8 Å². The van der Waals surface area contributed by atoms with E-state index in [9.17, 15) is 0 Å². The van der Waals surface area contributed by atoms with E-state index in [2.05, 4.69) is 39.9 Å². The second-order valence-electron chi connectivity index (χ2n) is 6.80. The van der Waals surface area contributed by atoms with Crippen molar-refractivity contribution in [1.29, 1.82) is 0 Å². The van der Waals surface area contributed by atoms with Crippen LogP contribution in [0.3, 0.4) is 0 Å². The summed E-state index contributed by atoms with van der Waals surface area (Å²) in [6.45, 7) is 11.9. The Morgan fingerprint density at radius 1 is 1.00 bits per heavy atom. The minimum Gasteiger partial charge on any atom is -0.311 e. The molecular weight excluding hydrogens is 206 g/mol. The Balaban J connectivity index is 2.26. The number of nitrogens with one attached hydrogen (secondary N) is 1. The van der Waals surface area contributed by atoms with Crippen molar-refractivity contribution in [3.8, 4) is 0 Å². The summed E-state index contributed by atoms with van der Waals surface area (Å²) in [6, 6.07) is 1.46. The van der Waals surface area contributed by atoms with E-state index in [1.807, 2.05) is 0 Å². The fraction of sp³-hybridized carbons (Fsp3) is 1.00. The van der Waals surface area contributed by atoms with Crippen LogP contribution in [0, 0.1) is 17.8 Å². The van der Waals surface area contributed by atoms with Gasteiger partial charge >= 0.3 is 0 Å². The molecule has 3 atom stereocenters. The zero-order valence-corrected chi connectivity index (χ0v) is 12.6. The molecule has 102 valence electrons. The zero-order valence-electron chi connectivity index (χ0n) is 12.6. The van der Waals surface area contributed by atoms with Crippen molar-refractivity contribution in [2.45, 2.75) is 85.2 Å². The maximum absolute atomic E-state index is 3.89. The van der Waals surface area contributed by atoms with Crippen molar-refractivity contribution in [2.75, 3.05) is 0 Å². The highest BCUT2D eigenvalue weighted by atomic mass is 15.0. The van der Waals surface area contributed by atoms with Crippen LogP contribution in [0.2, 0.25) is 0 Å². The Morgan fingerprint density at radius 2 is 1.59 bits per heavy atom. The van der Waals surface area contributed by atoms with E-state index in [1.54, 1.807) is 0 Å². The lowest BCUT2D eigenvalue weighted by molar-refractivity contribution is 0.192. The van der Waals surface area contributed by atoms with Crippen LogP contribution in [0.5, 0.6) is 0 Å². The molecule has 17 heavy (non-hydrogen) atoms. The Kier molecular flexibility index (Phi) is 6.54. The Morgan fingerprint density at radius 3 is 2.12 bits per heavy atom. The van der Waals surface area contributed by atoms with Gasteiger partial charge in [-0.25, -0.2) is 0 Å². The first-order chi connectivity index (χ1) is 8.00. The fourth-order valence-electron chi connectivity index (χ4n) is 3.25. The molecule has 0 radical (unpaired) electrons. The average Bonchev–Trinajstić information content (AvgIpc) is 2.23. The van der Waals surface area contributed by atoms with Gasteiger partial charge in [0.15, 0.2) is 0 Å². The van der Waals surface area contributed by atoms with Gasteiger partial charge in [0, 0.05) is 12.1 Å². The first-order valence-corrected chi connectivity index (χ1v) is 7.76. The van der Waals surface area contributed by atoms with Gasteiger partial charge in [0.05, 0.1) is 0 Å². The molecule has 1 aliphatic carbocycles. The van der Waals surface area contributed by atoms with Gasteiger partial charge in [-0.3, -0.25) is 0 Å². The number of rotatable bonds is 6. The number of hydrogen-bond donors (Lipinski definition) is 1. The quantitative estimate of drug-likeness (QED) is 0.713. The van der Waals surface area contributed by atoms with Gasteiger partial charge in [0.2, 0.25) is 0 Å². The van der Waals surface area contributed by atoms with Crippen LogP contribution in [0.25, 0.3) is 0 Å². The van der Waals surface area contributed by atoms with Gasteiger partial charge in [-0.2, -0.15) is 0 Å². The summed E-state index contributed by atoms with van der Waals surface area (Å²) >= 11 is 0. The molecule has 0 heterocycles. The van der Waals surface area contributed by atoms with E-state index in [-0.39, 0.29) is 0 Å². The average molecular weight is 239 g/mol. The van der Waals surface area contributed by atoms with E-state index in [0.29, 0.717) is 6.04 Å². The largest absolute Gasteiger partial charge is 0.311 e. The molecule has 0 saturated heterocycles. The lowest BCUT2D eigenvalue weighted by Gasteiger charge is -2.37. The normalized spacial score (nSPS) is 31.8.